The van der Waals surface area contributed by atoms with E-state index in [1.54, 1.807) is 0 Å². The van der Waals surface area contributed by atoms with E-state index in [9.17, 15) is 9.59 Å². The van der Waals surface area contributed by atoms with Crippen LogP contribution in [0.5, 0.6) is 0 Å². The first kappa shape index (κ1) is 25.4. The first-order valence-electron chi connectivity index (χ1n) is 13.0. The SMILES string of the molecule is O=C(NCC(=O)N1CCN(CCN2CCCC2)CC1)c1nc2c(n1Cc1ccccc1)=CCC(I)C=2. The molecule has 1 aromatic heterocycles. The van der Waals surface area contributed by atoms with Gasteiger partial charge in [0.15, 0.2) is 5.82 Å². The van der Waals surface area contributed by atoms with Crippen LogP contribution in [0.1, 0.15) is 35.4 Å². The Hall–Kier alpha value is -2.24. The number of halogens is 1. The summed E-state index contributed by atoms with van der Waals surface area (Å²) in [5.41, 5.74) is 1.11. The van der Waals surface area contributed by atoms with Crippen molar-refractivity contribution in [3.05, 3.63) is 52.4 Å². The van der Waals surface area contributed by atoms with Crippen LogP contribution in [-0.2, 0) is 11.3 Å². The first-order valence-corrected chi connectivity index (χ1v) is 14.3. The maximum absolute atomic E-state index is 13.2. The van der Waals surface area contributed by atoms with E-state index in [1.165, 1.54) is 25.9 Å². The Morgan fingerprint density at radius 1 is 0.972 bits per heavy atom. The minimum atomic E-state index is -0.301. The van der Waals surface area contributed by atoms with Gasteiger partial charge in [-0.3, -0.25) is 14.5 Å². The van der Waals surface area contributed by atoms with Crippen molar-refractivity contribution in [1.82, 2.24) is 29.6 Å². The lowest BCUT2D eigenvalue weighted by atomic mass is 10.2. The van der Waals surface area contributed by atoms with Crippen molar-refractivity contribution in [3.8, 4) is 0 Å². The monoisotopic (exact) mass is 602 g/mol. The van der Waals surface area contributed by atoms with Crippen LogP contribution in [0.4, 0.5) is 0 Å². The molecule has 2 amide bonds. The Labute approximate surface area is 226 Å². The standard InChI is InChI=1S/C27H35IN6O2/c28-22-8-9-24-23(18-22)30-26(34(24)20-21-6-2-1-3-7-21)27(36)29-19-25(35)33-16-14-32(15-17-33)13-12-31-10-4-5-11-31/h1-3,6-7,9,18,22H,4-5,8,10-17,19-20H2,(H,29,36). The molecule has 192 valence electrons. The average molecular weight is 603 g/mol. The van der Waals surface area contributed by atoms with Crippen LogP contribution >= 0.6 is 22.6 Å². The third kappa shape index (κ3) is 6.18. The Morgan fingerprint density at radius 2 is 1.67 bits per heavy atom. The second-order valence-electron chi connectivity index (χ2n) is 9.85. The lowest BCUT2D eigenvalue weighted by Gasteiger charge is -2.35. The number of aromatic nitrogens is 2. The number of imidazole rings is 1. The summed E-state index contributed by atoms with van der Waals surface area (Å²) in [5, 5.41) is 4.68. The van der Waals surface area contributed by atoms with Crippen molar-refractivity contribution in [2.24, 2.45) is 0 Å². The van der Waals surface area contributed by atoms with Crippen LogP contribution in [0.15, 0.2) is 30.3 Å². The number of carbonyl (C=O) groups excluding carboxylic acids is 2. The maximum Gasteiger partial charge on any atom is 0.287 e. The maximum atomic E-state index is 13.2. The molecule has 2 aliphatic heterocycles. The van der Waals surface area contributed by atoms with E-state index in [-0.39, 0.29) is 18.4 Å². The molecule has 2 fully saturated rings. The highest BCUT2D eigenvalue weighted by Crippen LogP contribution is 2.11. The highest BCUT2D eigenvalue weighted by molar-refractivity contribution is 14.1. The Bertz CT molecular complexity index is 1180. The van der Waals surface area contributed by atoms with Gasteiger partial charge in [0.05, 0.1) is 17.2 Å². The third-order valence-corrected chi connectivity index (χ3v) is 8.22. The zero-order chi connectivity index (χ0) is 24.9. The molecule has 5 rings (SSSR count). The number of fused-ring (bicyclic) bond motifs is 1. The summed E-state index contributed by atoms with van der Waals surface area (Å²) in [6.07, 6.45) is 7.82. The second kappa shape index (κ2) is 11.9. The number of piperazine rings is 1. The molecular formula is C27H35IN6O2. The number of hydrogen-bond acceptors (Lipinski definition) is 5. The molecule has 36 heavy (non-hydrogen) atoms. The zero-order valence-electron chi connectivity index (χ0n) is 20.7. The fourth-order valence-electron chi connectivity index (χ4n) is 5.24. The van der Waals surface area contributed by atoms with Crippen LogP contribution in [-0.4, -0.2) is 98.9 Å². The predicted octanol–water partition coefficient (Wildman–Crippen LogP) is 0.670. The van der Waals surface area contributed by atoms with E-state index in [0.29, 0.717) is 29.4 Å². The lowest BCUT2D eigenvalue weighted by Crippen LogP contribution is -2.52. The first-order chi connectivity index (χ1) is 17.6. The molecule has 1 N–H and O–H groups in total. The van der Waals surface area contributed by atoms with Gasteiger partial charge in [-0.25, -0.2) is 4.98 Å². The molecule has 1 atom stereocenters. The fraction of sp³-hybridized carbons (Fsp3) is 0.519. The highest BCUT2D eigenvalue weighted by atomic mass is 127. The number of carbonyl (C=O) groups is 2. The average Bonchev–Trinajstić information content (AvgIpc) is 3.55. The van der Waals surface area contributed by atoms with E-state index in [2.05, 4.69) is 67.0 Å². The van der Waals surface area contributed by atoms with Gasteiger partial charge in [0.1, 0.15) is 0 Å². The van der Waals surface area contributed by atoms with E-state index in [0.717, 1.165) is 48.9 Å². The number of nitrogens with one attached hydrogen (secondary N) is 1. The molecule has 1 unspecified atom stereocenters. The highest BCUT2D eigenvalue weighted by Gasteiger charge is 2.24. The molecule has 0 bridgehead atoms. The van der Waals surface area contributed by atoms with Crippen molar-refractivity contribution < 1.29 is 9.59 Å². The van der Waals surface area contributed by atoms with Gasteiger partial charge in [-0.05, 0) is 44.0 Å². The lowest BCUT2D eigenvalue weighted by molar-refractivity contribution is -0.131. The van der Waals surface area contributed by atoms with E-state index in [4.69, 9.17) is 0 Å². The van der Waals surface area contributed by atoms with Gasteiger partial charge in [-0.15, -0.1) is 0 Å². The summed E-state index contributed by atoms with van der Waals surface area (Å²) in [5.74, 6) is 0.0325. The quantitative estimate of drug-likeness (QED) is 0.356. The molecule has 3 aliphatic rings. The molecule has 2 aromatic rings. The van der Waals surface area contributed by atoms with Gasteiger partial charge in [0.25, 0.3) is 5.91 Å². The second-order valence-corrected chi connectivity index (χ2v) is 11.5. The van der Waals surface area contributed by atoms with Gasteiger partial charge in [-0.2, -0.15) is 0 Å². The van der Waals surface area contributed by atoms with Gasteiger partial charge in [0.2, 0.25) is 5.91 Å². The molecule has 1 aliphatic carbocycles. The summed E-state index contributed by atoms with van der Waals surface area (Å²) in [4.78, 5) is 37.6. The van der Waals surface area contributed by atoms with Crippen molar-refractivity contribution >= 4 is 46.6 Å². The van der Waals surface area contributed by atoms with Crippen LogP contribution in [0.3, 0.4) is 0 Å². The van der Waals surface area contributed by atoms with Crippen molar-refractivity contribution in [3.63, 3.8) is 0 Å². The van der Waals surface area contributed by atoms with E-state index < -0.39 is 0 Å². The molecule has 8 nitrogen and oxygen atoms in total. The summed E-state index contributed by atoms with van der Waals surface area (Å²) in [7, 11) is 0. The van der Waals surface area contributed by atoms with Crippen molar-refractivity contribution in [2.75, 3.05) is 58.9 Å². The fourth-order valence-corrected chi connectivity index (χ4v) is 5.84. The van der Waals surface area contributed by atoms with Gasteiger partial charge in [-0.1, -0.05) is 59.0 Å². The van der Waals surface area contributed by atoms with Crippen LogP contribution < -0.4 is 16.0 Å². The molecule has 1 aromatic carbocycles. The van der Waals surface area contributed by atoms with E-state index in [1.807, 2.05) is 27.7 Å². The molecular weight excluding hydrogens is 567 g/mol. The molecule has 2 saturated heterocycles. The Balaban J connectivity index is 1.18. The summed E-state index contributed by atoms with van der Waals surface area (Å²) < 4.78 is 2.34. The number of alkyl halides is 1. The van der Waals surface area contributed by atoms with Crippen LogP contribution in [0.25, 0.3) is 12.2 Å². The zero-order valence-corrected chi connectivity index (χ0v) is 22.9. The number of nitrogens with zero attached hydrogens (tertiary/aromatic N) is 5. The van der Waals surface area contributed by atoms with Gasteiger partial charge in [0, 0.05) is 49.7 Å². The molecule has 0 radical (unpaired) electrons. The number of likely N-dealkylation sites (tertiary alicyclic amines) is 1. The van der Waals surface area contributed by atoms with Crippen molar-refractivity contribution in [2.45, 2.75) is 29.7 Å². The molecule has 0 spiro atoms. The molecule has 3 heterocycles. The van der Waals surface area contributed by atoms with Gasteiger partial charge >= 0.3 is 0 Å². The Morgan fingerprint density at radius 3 is 2.39 bits per heavy atom. The third-order valence-electron chi connectivity index (χ3n) is 7.35. The minimum absolute atomic E-state index is 0.00217. The summed E-state index contributed by atoms with van der Waals surface area (Å²) in [6.45, 7) is 8.41. The van der Waals surface area contributed by atoms with Gasteiger partial charge < -0.3 is 19.7 Å². The minimum Gasteiger partial charge on any atom is -0.340 e. The molecule has 0 saturated carbocycles. The number of amides is 2. The van der Waals surface area contributed by atoms with Crippen molar-refractivity contribution in [1.29, 1.82) is 0 Å². The topological polar surface area (TPSA) is 73.7 Å². The van der Waals surface area contributed by atoms with Crippen LogP contribution in [0, 0.1) is 0 Å². The van der Waals surface area contributed by atoms with E-state index >= 15 is 0 Å². The Kier molecular flexibility index (Phi) is 8.38. The largest absolute Gasteiger partial charge is 0.340 e. The predicted molar refractivity (Wildman–Crippen MR) is 149 cm³/mol. The smallest absolute Gasteiger partial charge is 0.287 e. The number of hydrogen-bond donors (Lipinski definition) is 1. The number of rotatable bonds is 8. The summed E-state index contributed by atoms with van der Waals surface area (Å²) >= 11 is 2.39. The van der Waals surface area contributed by atoms with Crippen LogP contribution in [0.2, 0.25) is 0 Å². The summed E-state index contributed by atoms with van der Waals surface area (Å²) in [6, 6.07) is 10.1. The number of benzene rings is 1. The normalized spacial score (nSPS) is 20.5. The molecule has 9 heteroatoms.